The smallest absolute Gasteiger partial charge is 0.131 e. The highest BCUT2D eigenvalue weighted by molar-refractivity contribution is 7.11. The second kappa shape index (κ2) is 6.05. The summed E-state index contributed by atoms with van der Waals surface area (Å²) < 4.78 is 0. The molecule has 4 heteroatoms. The fourth-order valence-corrected chi connectivity index (χ4v) is 2.04. The molecular weight excluding hydrogens is 182 g/mol. The molecule has 0 aliphatic heterocycles. The number of aryl methyl sites for hydroxylation is 1. The average molecular weight is 199 g/mol. The zero-order chi connectivity index (χ0) is 9.52. The van der Waals surface area contributed by atoms with Crippen molar-refractivity contribution >= 4 is 11.3 Å². The number of hydrogen-bond acceptors (Lipinski definition) is 4. The van der Waals surface area contributed by atoms with Crippen LogP contribution in [-0.2, 0) is 13.0 Å². The molecule has 0 spiro atoms. The summed E-state index contributed by atoms with van der Waals surface area (Å²) in [6, 6.07) is 0. The molecule has 0 saturated carbocycles. The normalized spacial score (nSPS) is 10.6. The molecule has 1 rings (SSSR count). The van der Waals surface area contributed by atoms with Gasteiger partial charge >= 0.3 is 0 Å². The third-order valence-electron chi connectivity index (χ3n) is 1.83. The van der Waals surface area contributed by atoms with Crippen LogP contribution in [0.15, 0.2) is 0 Å². The Bertz CT molecular complexity index is 235. The lowest BCUT2D eigenvalue weighted by atomic mass is 10.2. The van der Waals surface area contributed by atoms with E-state index in [0.29, 0.717) is 0 Å². The van der Waals surface area contributed by atoms with Crippen molar-refractivity contribution in [3.8, 4) is 0 Å². The molecule has 1 heterocycles. The lowest BCUT2D eigenvalue weighted by Gasteiger charge is -1.92. The Hall–Kier alpha value is -0.480. The molecule has 0 bridgehead atoms. The third kappa shape index (κ3) is 3.83. The summed E-state index contributed by atoms with van der Waals surface area (Å²) in [6.45, 7) is 3.05. The van der Waals surface area contributed by atoms with Gasteiger partial charge in [-0.25, -0.2) is 0 Å². The fraction of sp³-hybridized carbons (Fsp3) is 0.778. The third-order valence-corrected chi connectivity index (χ3v) is 2.81. The highest BCUT2D eigenvalue weighted by atomic mass is 32.1. The Morgan fingerprint density at radius 2 is 2.00 bits per heavy atom. The molecule has 0 radical (unpaired) electrons. The quantitative estimate of drug-likeness (QED) is 0.712. The van der Waals surface area contributed by atoms with Crippen LogP contribution in [0.4, 0.5) is 0 Å². The summed E-state index contributed by atoms with van der Waals surface area (Å²) in [5.41, 5.74) is 0. The number of hydrogen-bond donors (Lipinski definition) is 1. The monoisotopic (exact) mass is 199 g/mol. The van der Waals surface area contributed by atoms with Crippen LogP contribution in [0.25, 0.3) is 0 Å². The van der Waals surface area contributed by atoms with E-state index in [2.05, 4.69) is 22.4 Å². The van der Waals surface area contributed by atoms with E-state index >= 15 is 0 Å². The average Bonchev–Trinajstić information content (AvgIpc) is 2.54. The summed E-state index contributed by atoms with van der Waals surface area (Å²) in [7, 11) is 1.93. The summed E-state index contributed by atoms with van der Waals surface area (Å²) in [4.78, 5) is 0. The minimum Gasteiger partial charge on any atom is -0.313 e. The van der Waals surface area contributed by atoms with Crippen LogP contribution in [0.2, 0.25) is 0 Å². The number of rotatable bonds is 6. The van der Waals surface area contributed by atoms with E-state index in [0.717, 1.165) is 18.0 Å². The van der Waals surface area contributed by atoms with Crippen molar-refractivity contribution in [2.45, 2.75) is 39.2 Å². The summed E-state index contributed by atoms with van der Waals surface area (Å²) >= 11 is 1.72. The van der Waals surface area contributed by atoms with Crippen molar-refractivity contribution < 1.29 is 0 Å². The lowest BCUT2D eigenvalue weighted by molar-refractivity contribution is 0.708. The Labute approximate surface area is 83.6 Å². The number of aromatic nitrogens is 2. The molecule has 0 atom stereocenters. The van der Waals surface area contributed by atoms with Crippen molar-refractivity contribution in [1.82, 2.24) is 15.5 Å². The maximum atomic E-state index is 4.14. The zero-order valence-electron chi connectivity index (χ0n) is 8.34. The minimum atomic E-state index is 0.839. The van der Waals surface area contributed by atoms with Gasteiger partial charge < -0.3 is 5.32 Å². The van der Waals surface area contributed by atoms with E-state index in [4.69, 9.17) is 0 Å². The maximum absolute atomic E-state index is 4.14. The highest BCUT2D eigenvalue weighted by Crippen LogP contribution is 2.12. The first-order valence-electron chi connectivity index (χ1n) is 4.82. The van der Waals surface area contributed by atoms with Gasteiger partial charge in [0, 0.05) is 13.0 Å². The van der Waals surface area contributed by atoms with E-state index in [9.17, 15) is 0 Å². The molecular formula is C9H17N3S. The molecule has 1 aromatic heterocycles. The van der Waals surface area contributed by atoms with Gasteiger partial charge in [0.2, 0.25) is 0 Å². The van der Waals surface area contributed by atoms with Gasteiger partial charge in [-0.2, -0.15) is 0 Å². The van der Waals surface area contributed by atoms with Crippen LogP contribution in [0, 0.1) is 0 Å². The second-order valence-corrected chi connectivity index (χ2v) is 4.22. The molecule has 1 aromatic rings. The number of nitrogens with zero attached hydrogens (tertiary/aromatic N) is 2. The molecule has 3 nitrogen and oxygen atoms in total. The Balaban J connectivity index is 2.31. The predicted molar refractivity (Wildman–Crippen MR) is 55.9 cm³/mol. The van der Waals surface area contributed by atoms with Crippen molar-refractivity contribution in [2.24, 2.45) is 0 Å². The molecule has 0 aliphatic rings. The van der Waals surface area contributed by atoms with Crippen molar-refractivity contribution in [1.29, 1.82) is 0 Å². The van der Waals surface area contributed by atoms with Gasteiger partial charge in [0.15, 0.2) is 0 Å². The first-order chi connectivity index (χ1) is 6.36. The molecule has 1 N–H and O–H groups in total. The summed E-state index contributed by atoms with van der Waals surface area (Å²) in [5.74, 6) is 0. The van der Waals surface area contributed by atoms with Gasteiger partial charge in [-0.05, 0) is 13.5 Å². The van der Waals surface area contributed by atoms with Crippen molar-refractivity contribution in [3.63, 3.8) is 0 Å². The number of unbranched alkanes of at least 4 members (excludes halogenated alkanes) is 2. The van der Waals surface area contributed by atoms with Gasteiger partial charge in [-0.15, -0.1) is 21.5 Å². The summed E-state index contributed by atoms with van der Waals surface area (Å²) in [6.07, 6.45) is 4.89. The Morgan fingerprint density at radius 3 is 2.69 bits per heavy atom. The van der Waals surface area contributed by atoms with Crippen LogP contribution in [0.3, 0.4) is 0 Å². The molecule has 0 amide bonds. The Morgan fingerprint density at radius 1 is 1.23 bits per heavy atom. The standard InChI is InChI=1S/C9H17N3S/c1-3-4-5-6-8-11-12-9(13-8)7-10-2/h10H,3-7H2,1-2H3. The maximum Gasteiger partial charge on any atom is 0.131 e. The largest absolute Gasteiger partial charge is 0.313 e. The van der Waals surface area contributed by atoms with E-state index in [-0.39, 0.29) is 0 Å². The Kier molecular flexibility index (Phi) is 4.93. The second-order valence-electron chi connectivity index (χ2n) is 3.08. The van der Waals surface area contributed by atoms with Gasteiger partial charge in [-0.3, -0.25) is 0 Å². The van der Waals surface area contributed by atoms with Gasteiger partial charge in [0.25, 0.3) is 0 Å². The molecule has 0 fully saturated rings. The van der Waals surface area contributed by atoms with Crippen LogP contribution < -0.4 is 5.32 Å². The molecule has 13 heavy (non-hydrogen) atoms. The van der Waals surface area contributed by atoms with Gasteiger partial charge in [0.05, 0.1) is 0 Å². The molecule has 0 unspecified atom stereocenters. The SMILES string of the molecule is CCCCCc1nnc(CNC)s1. The van der Waals surface area contributed by atoms with E-state index in [1.165, 1.54) is 24.3 Å². The van der Waals surface area contributed by atoms with E-state index in [1.807, 2.05) is 7.05 Å². The fourth-order valence-electron chi connectivity index (χ4n) is 1.14. The van der Waals surface area contributed by atoms with Gasteiger partial charge in [0.1, 0.15) is 10.0 Å². The van der Waals surface area contributed by atoms with Gasteiger partial charge in [-0.1, -0.05) is 19.8 Å². The highest BCUT2D eigenvalue weighted by Gasteiger charge is 2.01. The van der Waals surface area contributed by atoms with Crippen molar-refractivity contribution in [3.05, 3.63) is 10.0 Å². The molecule has 0 saturated heterocycles. The lowest BCUT2D eigenvalue weighted by Crippen LogP contribution is -2.04. The topological polar surface area (TPSA) is 37.8 Å². The number of nitrogens with one attached hydrogen (secondary N) is 1. The van der Waals surface area contributed by atoms with E-state index < -0.39 is 0 Å². The van der Waals surface area contributed by atoms with E-state index in [1.54, 1.807) is 11.3 Å². The predicted octanol–water partition coefficient (Wildman–Crippen LogP) is 1.99. The molecule has 74 valence electrons. The first-order valence-corrected chi connectivity index (χ1v) is 5.64. The summed E-state index contributed by atoms with van der Waals surface area (Å²) in [5, 5.41) is 13.6. The minimum absolute atomic E-state index is 0.839. The molecule has 0 aromatic carbocycles. The van der Waals surface area contributed by atoms with Crippen LogP contribution in [0.1, 0.15) is 36.2 Å². The first kappa shape index (κ1) is 10.6. The molecule has 0 aliphatic carbocycles. The zero-order valence-corrected chi connectivity index (χ0v) is 9.15. The van der Waals surface area contributed by atoms with Crippen LogP contribution in [-0.4, -0.2) is 17.2 Å². The van der Waals surface area contributed by atoms with Crippen LogP contribution >= 0.6 is 11.3 Å². The van der Waals surface area contributed by atoms with Crippen LogP contribution in [0.5, 0.6) is 0 Å². The van der Waals surface area contributed by atoms with Crippen molar-refractivity contribution in [2.75, 3.05) is 7.05 Å².